The summed E-state index contributed by atoms with van der Waals surface area (Å²) >= 11 is 4.65. The third-order valence-corrected chi connectivity index (χ3v) is 7.33. The van der Waals surface area contributed by atoms with Crippen LogP contribution in [0.4, 0.5) is 5.69 Å². The van der Waals surface area contributed by atoms with Gasteiger partial charge in [-0.25, -0.2) is 0 Å². The van der Waals surface area contributed by atoms with Crippen molar-refractivity contribution in [2.24, 2.45) is 4.99 Å². The quantitative estimate of drug-likeness (QED) is 0.403. The molecule has 4 nitrogen and oxygen atoms in total. The van der Waals surface area contributed by atoms with Gasteiger partial charge >= 0.3 is 0 Å². The largest absolute Gasteiger partial charge is 0.346 e. The number of hydrogen-bond donors (Lipinski definition) is 1. The standard InChI is InChI=1S/C27H33N3OS/c1-21(22-10-14-25(15-11-22)28-20-32)29-26(31)23-8-12-24(13-9-23)27(16-4-2-5-17-27)30-18-6-3-7-19-30/h8-15,21H,2-7,16-19H2,1H3,(H,29,31). The Kier molecular flexibility index (Phi) is 7.51. The molecule has 2 fully saturated rings. The van der Waals surface area contributed by atoms with Crippen LogP contribution in [0.3, 0.4) is 0 Å². The molecule has 2 aliphatic rings. The minimum absolute atomic E-state index is 0.0410. The molecule has 1 saturated heterocycles. The van der Waals surface area contributed by atoms with E-state index < -0.39 is 0 Å². The van der Waals surface area contributed by atoms with Crippen molar-refractivity contribution in [1.29, 1.82) is 0 Å². The summed E-state index contributed by atoms with van der Waals surface area (Å²) in [6.45, 7) is 4.40. The van der Waals surface area contributed by atoms with Gasteiger partial charge in [0, 0.05) is 11.1 Å². The lowest BCUT2D eigenvalue weighted by Crippen LogP contribution is -2.49. The Labute approximate surface area is 197 Å². The van der Waals surface area contributed by atoms with Gasteiger partial charge in [0.1, 0.15) is 0 Å². The van der Waals surface area contributed by atoms with Gasteiger partial charge in [0.25, 0.3) is 5.91 Å². The first kappa shape index (κ1) is 22.8. The van der Waals surface area contributed by atoms with E-state index in [1.165, 1.54) is 70.0 Å². The molecule has 1 N–H and O–H groups in total. The molecule has 1 amide bonds. The maximum Gasteiger partial charge on any atom is 0.251 e. The number of carbonyl (C=O) groups is 1. The fourth-order valence-corrected chi connectivity index (χ4v) is 5.54. The monoisotopic (exact) mass is 447 g/mol. The Balaban J connectivity index is 1.47. The van der Waals surface area contributed by atoms with E-state index in [4.69, 9.17) is 0 Å². The van der Waals surface area contributed by atoms with Crippen molar-refractivity contribution in [2.75, 3.05) is 13.1 Å². The van der Waals surface area contributed by atoms with Gasteiger partial charge in [0.05, 0.1) is 16.9 Å². The zero-order chi connectivity index (χ0) is 22.4. The third kappa shape index (κ3) is 5.01. The van der Waals surface area contributed by atoms with Crippen molar-refractivity contribution in [3.63, 3.8) is 0 Å². The molecule has 1 aliphatic heterocycles. The SMILES string of the molecule is CC(NC(=O)c1ccc(C2(N3CCCCC3)CCCCC2)cc1)c1ccc(N=C=S)cc1. The first-order valence-electron chi connectivity index (χ1n) is 12.0. The zero-order valence-electron chi connectivity index (χ0n) is 19.0. The van der Waals surface area contributed by atoms with E-state index in [2.05, 4.69) is 44.7 Å². The van der Waals surface area contributed by atoms with Crippen molar-refractivity contribution >= 4 is 29.0 Å². The van der Waals surface area contributed by atoms with Crippen molar-refractivity contribution in [2.45, 2.75) is 69.9 Å². The maximum absolute atomic E-state index is 12.9. The molecule has 0 bridgehead atoms. The lowest BCUT2D eigenvalue weighted by atomic mass is 9.74. The number of amides is 1. The molecule has 5 heteroatoms. The van der Waals surface area contributed by atoms with Crippen molar-refractivity contribution in [3.8, 4) is 0 Å². The summed E-state index contributed by atoms with van der Waals surface area (Å²) in [7, 11) is 0. The molecule has 2 aromatic rings. The molecule has 1 heterocycles. The van der Waals surface area contributed by atoms with Crippen LogP contribution in [0.2, 0.25) is 0 Å². The average Bonchev–Trinajstić information content (AvgIpc) is 2.85. The fourth-order valence-electron chi connectivity index (χ4n) is 5.43. The Morgan fingerprint density at radius 1 is 0.969 bits per heavy atom. The minimum Gasteiger partial charge on any atom is -0.346 e. The predicted octanol–water partition coefficient (Wildman–Crippen LogP) is 6.56. The van der Waals surface area contributed by atoms with E-state index in [1.807, 2.05) is 43.3 Å². The van der Waals surface area contributed by atoms with Crippen molar-refractivity contribution in [3.05, 3.63) is 65.2 Å². The smallest absolute Gasteiger partial charge is 0.251 e. The molecule has 0 spiro atoms. The number of likely N-dealkylation sites (tertiary alicyclic amines) is 1. The van der Waals surface area contributed by atoms with E-state index in [9.17, 15) is 4.79 Å². The molecule has 4 rings (SSSR count). The van der Waals surface area contributed by atoms with Gasteiger partial charge in [-0.3, -0.25) is 9.69 Å². The number of nitrogens with one attached hydrogen (secondary N) is 1. The third-order valence-electron chi connectivity index (χ3n) is 7.24. The van der Waals surface area contributed by atoms with Gasteiger partial charge in [-0.2, -0.15) is 4.99 Å². The molecular weight excluding hydrogens is 414 g/mol. The number of piperidine rings is 1. The van der Waals surface area contributed by atoms with Crippen LogP contribution < -0.4 is 5.32 Å². The maximum atomic E-state index is 12.9. The van der Waals surface area contributed by atoms with Crippen LogP contribution in [0, 0.1) is 0 Å². The van der Waals surface area contributed by atoms with Crippen LogP contribution in [0.15, 0.2) is 53.5 Å². The van der Waals surface area contributed by atoms with E-state index in [0.717, 1.165) is 11.3 Å². The van der Waals surface area contributed by atoms with E-state index in [-0.39, 0.29) is 17.5 Å². The lowest BCUT2D eigenvalue weighted by Gasteiger charge is -2.48. The molecule has 1 aliphatic carbocycles. The second-order valence-electron chi connectivity index (χ2n) is 9.21. The van der Waals surface area contributed by atoms with E-state index in [1.54, 1.807) is 0 Å². The number of carbonyl (C=O) groups excluding carboxylic acids is 1. The minimum atomic E-state index is -0.0919. The molecule has 2 aromatic carbocycles. The molecule has 1 saturated carbocycles. The van der Waals surface area contributed by atoms with E-state index in [0.29, 0.717) is 5.56 Å². The second-order valence-corrected chi connectivity index (χ2v) is 9.39. The van der Waals surface area contributed by atoms with Gasteiger partial charge in [-0.15, -0.1) is 0 Å². The van der Waals surface area contributed by atoms with Gasteiger partial charge in [0.15, 0.2) is 0 Å². The number of aliphatic imine (C=N–C) groups is 1. The van der Waals surface area contributed by atoms with E-state index >= 15 is 0 Å². The summed E-state index contributed by atoms with van der Waals surface area (Å²) in [6, 6.07) is 16.0. The van der Waals surface area contributed by atoms with Crippen molar-refractivity contribution in [1.82, 2.24) is 10.2 Å². The molecule has 168 valence electrons. The molecule has 0 aromatic heterocycles. The van der Waals surface area contributed by atoms with Crippen LogP contribution >= 0.6 is 12.2 Å². The summed E-state index contributed by atoms with van der Waals surface area (Å²) in [6.07, 6.45) is 10.4. The number of hydrogen-bond acceptors (Lipinski definition) is 4. The average molecular weight is 448 g/mol. The number of rotatable bonds is 6. The summed E-state index contributed by atoms with van der Waals surface area (Å²) < 4.78 is 0. The molecule has 1 unspecified atom stereocenters. The summed E-state index contributed by atoms with van der Waals surface area (Å²) in [5.41, 5.74) is 4.06. The number of benzene rings is 2. The molecule has 1 atom stereocenters. The van der Waals surface area contributed by atoms with Gasteiger partial charge < -0.3 is 5.32 Å². The molecule has 0 radical (unpaired) electrons. The first-order chi connectivity index (χ1) is 15.6. The van der Waals surface area contributed by atoms with Crippen LogP contribution in [-0.2, 0) is 5.54 Å². The number of isothiocyanates is 1. The second kappa shape index (κ2) is 10.5. The Morgan fingerprint density at radius 2 is 1.59 bits per heavy atom. The van der Waals surface area contributed by atoms with Gasteiger partial charge in [0.2, 0.25) is 0 Å². The Hall–Kier alpha value is -2.33. The zero-order valence-corrected chi connectivity index (χ0v) is 19.8. The lowest BCUT2D eigenvalue weighted by molar-refractivity contribution is 0.0303. The molecule has 32 heavy (non-hydrogen) atoms. The first-order valence-corrected chi connectivity index (χ1v) is 12.4. The van der Waals surface area contributed by atoms with Crippen molar-refractivity contribution < 1.29 is 4.79 Å². The molecular formula is C27H33N3OS. The summed E-state index contributed by atoms with van der Waals surface area (Å²) in [5.74, 6) is -0.0410. The van der Waals surface area contributed by atoms with Gasteiger partial charge in [-0.1, -0.05) is 49.9 Å². The van der Waals surface area contributed by atoms with Crippen LogP contribution in [0.5, 0.6) is 0 Å². The highest BCUT2D eigenvalue weighted by atomic mass is 32.1. The van der Waals surface area contributed by atoms with Crippen LogP contribution in [-0.4, -0.2) is 29.1 Å². The summed E-state index contributed by atoms with van der Waals surface area (Å²) in [5, 5.41) is 5.49. The highest BCUT2D eigenvalue weighted by Gasteiger charge is 2.39. The Bertz CT molecular complexity index is 951. The summed E-state index contributed by atoms with van der Waals surface area (Å²) in [4.78, 5) is 19.6. The Morgan fingerprint density at radius 3 is 2.22 bits per heavy atom. The predicted molar refractivity (Wildman–Crippen MR) is 134 cm³/mol. The topological polar surface area (TPSA) is 44.7 Å². The highest BCUT2D eigenvalue weighted by molar-refractivity contribution is 7.78. The van der Waals surface area contributed by atoms with Crippen LogP contribution in [0.25, 0.3) is 0 Å². The number of nitrogens with zero attached hydrogens (tertiary/aromatic N) is 2. The van der Waals surface area contributed by atoms with Crippen LogP contribution in [0.1, 0.15) is 85.8 Å². The fraction of sp³-hybridized carbons (Fsp3) is 0.481. The normalized spacial score (nSPS) is 19.5. The van der Waals surface area contributed by atoms with Gasteiger partial charge in [-0.05, 0) is 93.3 Å². The number of thiocarbonyl (C=S) groups is 1. The highest BCUT2D eigenvalue weighted by Crippen LogP contribution is 2.43.